The van der Waals surface area contributed by atoms with Crippen LogP contribution >= 0.6 is 0 Å². The Labute approximate surface area is 79.0 Å². The maximum Gasteiger partial charge on any atom is 0.0106 e. The van der Waals surface area contributed by atoms with Gasteiger partial charge in [-0.2, -0.15) is 0 Å². The molecule has 0 atom stereocenters. The number of nitrogens with zero attached hydrogens (tertiary/aromatic N) is 1. The second kappa shape index (κ2) is 3.48. The lowest BCUT2D eigenvalue weighted by Crippen LogP contribution is -2.02. The zero-order valence-electron chi connectivity index (χ0n) is 7.77. The summed E-state index contributed by atoms with van der Waals surface area (Å²) in [6, 6.07) is 8.49. The summed E-state index contributed by atoms with van der Waals surface area (Å²) in [6.45, 7) is 0. The molecule has 1 aromatic rings. The molecule has 0 radical (unpaired) electrons. The first kappa shape index (κ1) is 8.11. The van der Waals surface area contributed by atoms with Gasteiger partial charge in [0, 0.05) is 13.2 Å². The van der Waals surface area contributed by atoms with Gasteiger partial charge in [0.1, 0.15) is 0 Å². The van der Waals surface area contributed by atoms with Crippen LogP contribution < -0.4 is 0 Å². The highest BCUT2D eigenvalue weighted by molar-refractivity contribution is 5.54. The van der Waals surface area contributed by atoms with E-state index in [1.165, 1.54) is 11.1 Å². The molecule has 1 aromatic carbocycles. The maximum atomic E-state index is 2.18. The molecule has 0 bridgehead atoms. The van der Waals surface area contributed by atoms with Crippen molar-refractivity contribution < 1.29 is 0 Å². The van der Waals surface area contributed by atoms with Crippen LogP contribution in [0.4, 0.5) is 0 Å². The Balaban J connectivity index is 2.42. The third-order valence-electron chi connectivity index (χ3n) is 2.22. The molecule has 1 aliphatic heterocycles. The second-order valence-corrected chi connectivity index (χ2v) is 3.27. The van der Waals surface area contributed by atoms with Crippen molar-refractivity contribution in [1.29, 1.82) is 0 Å². The molecule has 2 rings (SSSR count). The number of rotatable bonds is 0. The van der Waals surface area contributed by atoms with Gasteiger partial charge >= 0.3 is 0 Å². The summed E-state index contributed by atoms with van der Waals surface area (Å²) in [5, 5.41) is 0. The number of allylic oxidation sites excluding steroid dienone is 1. The summed E-state index contributed by atoms with van der Waals surface area (Å²) in [4.78, 5) is 2.07. The average Bonchev–Trinajstić information content (AvgIpc) is 2.13. The normalized spacial score (nSPS) is 19.9. The molecule has 0 aromatic heterocycles. The van der Waals surface area contributed by atoms with Gasteiger partial charge in [-0.15, -0.1) is 0 Å². The van der Waals surface area contributed by atoms with Crippen LogP contribution in [0.1, 0.15) is 11.1 Å². The van der Waals surface area contributed by atoms with Crippen LogP contribution in [0.15, 0.2) is 42.7 Å². The average molecular weight is 171 g/mol. The fraction of sp³-hybridized carbons (Fsp3) is 0.167. The van der Waals surface area contributed by atoms with Crippen molar-refractivity contribution in [2.45, 2.75) is 6.42 Å². The van der Waals surface area contributed by atoms with E-state index in [0.29, 0.717) is 0 Å². The third kappa shape index (κ3) is 1.81. The molecule has 13 heavy (non-hydrogen) atoms. The van der Waals surface area contributed by atoms with Gasteiger partial charge in [0.25, 0.3) is 0 Å². The molecule has 1 heterocycles. The van der Waals surface area contributed by atoms with Gasteiger partial charge in [-0.05, 0) is 29.8 Å². The number of hydrogen-bond acceptors (Lipinski definition) is 1. The zero-order valence-corrected chi connectivity index (χ0v) is 7.77. The van der Waals surface area contributed by atoms with Gasteiger partial charge in [0.2, 0.25) is 0 Å². The van der Waals surface area contributed by atoms with E-state index in [1.807, 2.05) is 7.05 Å². The summed E-state index contributed by atoms with van der Waals surface area (Å²) in [5.41, 5.74) is 2.71. The summed E-state index contributed by atoms with van der Waals surface area (Å²) < 4.78 is 0. The fourth-order valence-electron chi connectivity index (χ4n) is 1.48. The lowest BCUT2D eigenvalue weighted by Gasteiger charge is -2.11. The first-order chi connectivity index (χ1) is 6.36. The van der Waals surface area contributed by atoms with Gasteiger partial charge in [-0.25, -0.2) is 0 Å². The Morgan fingerprint density at radius 3 is 2.92 bits per heavy atom. The van der Waals surface area contributed by atoms with Crippen molar-refractivity contribution in [2.75, 3.05) is 7.05 Å². The van der Waals surface area contributed by atoms with Crippen LogP contribution in [0, 0.1) is 0 Å². The summed E-state index contributed by atoms with van der Waals surface area (Å²) in [6.07, 6.45) is 9.52. The Bertz CT molecular complexity index is 350. The SMILES string of the molecule is CN1/C=C\Cc2ccccc2/C=C\1. The molecule has 0 N–H and O–H groups in total. The van der Waals surface area contributed by atoms with Crippen molar-refractivity contribution >= 4 is 6.08 Å². The Hall–Kier alpha value is -1.50. The van der Waals surface area contributed by atoms with E-state index in [9.17, 15) is 0 Å². The van der Waals surface area contributed by atoms with Gasteiger partial charge in [0.05, 0.1) is 0 Å². The molecular formula is C12H13N. The maximum absolute atomic E-state index is 2.18. The van der Waals surface area contributed by atoms with E-state index in [0.717, 1.165) is 6.42 Å². The van der Waals surface area contributed by atoms with Crippen LogP contribution in [0.2, 0.25) is 0 Å². The highest BCUT2D eigenvalue weighted by atomic mass is 15.0. The van der Waals surface area contributed by atoms with Crippen LogP contribution in [0.25, 0.3) is 6.08 Å². The third-order valence-corrected chi connectivity index (χ3v) is 2.22. The minimum absolute atomic E-state index is 1.02. The highest BCUT2D eigenvalue weighted by Crippen LogP contribution is 2.14. The summed E-state index contributed by atoms with van der Waals surface area (Å²) >= 11 is 0. The molecule has 1 nitrogen and oxygen atoms in total. The van der Waals surface area contributed by atoms with Crippen molar-refractivity contribution in [3.8, 4) is 0 Å². The number of benzene rings is 1. The number of hydrogen-bond donors (Lipinski definition) is 0. The van der Waals surface area contributed by atoms with E-state index in [-0.39, 0.29) is 0 Å². The minimum atomic E-state index is 1.02. The zero-order chi connectivity index (χ0) is 9.10. The summed E-state index contributed by atoms with van der Waals surface area (Å²) in [7, 11) is 2.04. The van der Waals surface area contributed by atoms with E-state index in [1.54, 1.807) is 0 Å². The molecule has 1 aliphatic rings. The molecule has 0 saturated heterocycles. The van der Waals surface area contributed by atoms with Crippen LogP contribution in [0.3, 0.4) is 0 Å². The van der Waals surface area contributed by atoms with Crippen LogP contribution in [-0.2, 0) is 6.42 Å². The molecule has 0 amide bonds. The van der Waals surface area contributed by atoms with Crippen LogP contribution in [0.5, 0.6) is 0 Å². The smallest absolute Gasteiger partial charge is 0.0106 e. The molecule has 0 spiro atoms. The van der Waals surface area contributed by atoms with Crippen LogP contribution in [-0.4, -0.2) is 11.9 Å². The van der Waals surface area contributed by atoms with E-state index < -0.39 is 0 Å². The lowest BCUT2D eigenvalue weighted by atomic mass is 10.0. The van der Waals surface area contributed by atoms with E-state index >= 15 is 0 Å². The highest BCUT2D eigenvalue weighted by Gasteiger charge is 1.98. The monoisotopic (exact) mass is 171 g/mol. The Kier molecular flexibility index (Phi) is 2.17. The quantitative estimate of drug-likeness (QED) is 0.580. The first-order valence-electron chi connectivity index (χ1n) is 4.51. The molecule has 0 saturated carbocycles. The molecule has 1 heteroatoms. The van der Waals surface area contributed by atoms with Gasteiger partial charge < -0.3 is 4.90 Å². The minimum Gasteiger partial charge on any atom is -0.358 e. The van der Waals surface area contributed by atoms with Crippen molar-refractivity contribution in [3.05, 3.63) is 53.9 Å². The van der Waals surface area contributed by atoms with Crippen molar-refractivity contribution in [3.63, 3.8) is 0 Å². The van der Waals surface area contributed by atoms with Crippen molar-refractivity contribution in [2.24, 2.45) is 0 Å². The second-order valence-electron chi connectivity index (χ2n) is 3.27. The van der Waals surface area contributed by atoms with Gasteiger partial charge in [-0.1, -0.05) is 30.3 Å². The molecule has 66 valence electrons. The Morgan fingerprint density at radius 2 is 2.00 bits per heavy atom. The summed E-state index contributed by atoms with van der Waals surface area (Å²) in [5.74, 6) is 0. The fourth-order valence-corrected chi connectivity index (χ4v) is 1.48. The lowest BCUT2D eigenvalue weighted by molar-refractivity contribution is 0.626. The standard InChI is InChI=1S/C12H13N/c1-13-9-4-7-11-5-2-3-6-12(11)8-10-13/h2-6,8-10H,7H2,1H3/b9-4-,10-8-. The predicted octanol–water partition coefficient (Wildman–Crippen LogP) is 2.66. The largest absolute Gasteiger partial charge is 0.358 e. The molecule has 0 fully saturated rings. The van der Waals surface area contributed by atoms with Gasteiger partial charge in [0.15, 0.2) is 0 Å². The van der Waals surface area contributed by atoms with Gasteiger partial charge in [-0.3, -0.25) is 0 Å². The van der Waals surface area contributed by atoms with E-state index in [4.69, 9.17) is 0 Å². The van der Waals surface area contributed by atoms with Crippen molar-refractivity contribution in [1.82, 2.24) is 4.90 Å². The topological polar surface area (TPSA) is 3.24 Å². The molecule has 0 aliphatic carbocycles. The first-order valence-corrected chi connectivity index (χ1v) is 4.51. The molecule has 0 unspecified atom stereocenters. The number of fused-ring (bicyclic) bond motifs is 1. The Morgan fingerprint density at radius 1 is 1.15 bits per heavy atom. The van der Waals surface area contributed by atoms with E-state index in [2.05, 4.69) is 53.7 Å². The molecular weight excluding hydrogens is 158 g/mol. The predicted molar refractivity (Wildman–Crippen MR) is 56.1 cm³/mol.